The zero-order chi connectivity index (χ0) is 38.0. The minimum absolute atomic E-state index is 0.0394. The van der Waals surface area contributed by atoms with Gasteiger partial charge in [0.15, 0.2) is 6.29 Å². The van der Waals surface area contributed by atoms with Crippen LogP contribution in [0.15, 0.2) is 0 Å². The van der Waals surface area contributed by atoms with Crippen LogP contribution in [0.1, 0.15) is 123 Å². The van der Waals surface area contributed by atoms with Gasteiger partial charge in [0, 0.05) is 18.3 Å². The van der Waals surface area contributed by atoms with Crippen molar-refractivity contribution in [2.24, 2.45) is 46.3 Å². The van der Waals surface area contributed by atoms with Crippen molar-refractivity contribution in [1.82, 2.24) is 0 Å². The number of ketones is 1. The number of ether oxygens (including phenoxy) is 5. The number of halogens is 2. The van der Waals surface area contributed by atoms with Crippen LogP contribution < -0.4 is 0 Å². The summed E-state index contributed by atoms with van der Waals surface area (Å²) >= 11 is 0. The molecular formula is C38H54F2O12S. The van der Waals surface area contributed by atoms with Crippen LogP contribution >= 0.6 is 0 Å². The molecule has 7 rings (SSSR count). The van der Waals surface area contributed by atoms with E-state index in [-0.39, 0.29) is 62.0 Å². The summed E-state index contributed by atoms with van der Waals surface area (Å²) in [6.45, 7) is 3.67. The molecule has 12 nitrogen and oxygen atoms in total. The molecule has 0 radical (unpaired) electrons. The van der Waals surface area contributed by atoms with E-state index in [1.165, 1.54) is 0 Å². The first-order chi connectivity index (χ1) is 24.9. The van der Waals surface area contributed by atoms with Gasteiger partial charge in [0.1, 0.15) is 36.8 Å². The largest absolute Gasteiger partial charge is 0.465 e. The number of fused-ring (bicyclic) bond motifs is 6. The molecule has 6 saturated carbocycles. The fraction of sp³-hybridized carbons (Fsp3) is 0.895. The zero-order valence-corrected chi connectivity index (χ0v) is 31.5. The average molecular weight is 773 g/mol. The highest BCUT2D eigenvalue weighted by Crippen LogP contribution is 2.53. The molecule has 298 valence electrons. The van der Waals surface area contributed by atoms with Crippen LogP contribution in [0.3, 0.4) is 0 Å². The van der Waals surface area contributed by atoms with E-state index in [4.69, 9.17) is 28.2 Å². The van der Waals surface area contributed by atoms with Crippen molar-refractivity contribution in [3.8, 4) is 0 Å². The van der Waals surface area contributed by atoms with Gasteiger partial charge in [0.05, 0.1) is 10.8 Å². The topological polar surface area (TPSA) is 169 Å². The second-order valence-electron chi connectivity index (χ2n) is 18.2. The van der Waals surface area contributed by atoms with Crippen LogP contribution in [-0.2, 0) is 53.0 Å². The van der Waals surface area contributed by atoms with Crippen LogP contribution in [0.4, 0.5) is 8.78 Å². The van der Waals surface area contributed by atoms with E-state index in [0.717, 1.165) is 57.8 Å². The monoisotopic (exact) mass is 772 g/mol. The summed E-state index contributed by atoms with van der Waals surface area (Å²) in [7, 11) is -6.05. The highest BCUT2D eigenvalue weighted by atomic mass is 32.2. The van der Waals surface area contributed by atoms with Crippen LogP contribution in [0.5, 0.6) is 0 Å². The Morgan fingerprint density at radius 3 is 2.19 bits per heavy atom. The summed E-state index contributed by atoms with van der Waals surface area (Å²) < 4.78 is 90.3. The molecule has 0 spiro atoms. The van der Waals surface area contributed by atoms with Gasteiger partial charge in [0.25, 0.3) is 0 Å². The summed E-state index contributed by atoms with van der Waals surface area (Å²) in [6.07, 6.45) is 8.40. The third-order valence-corrected chi connectivity index (χ3v) is 14.7. The Hall–Kier alpha value is -2.23. The molecule has 1 aliphatic heterocycles. The predicted molar refractivity (Wildman–Crippen MR) is 181 cm³/mol. The molecule has 1 N–H and O–H groups in total. The lowest BCUT2D eigenvalue weighted by molar-refractivity contribution is -0.202. The third-order valence-electron chi connectivity index (χ3n) is 13.9. The Bertz CT molecular complexity index is 1570. The third kappa shape index (κ3) is 7.79. The Labute approximate surface area is 309 Å². The van der Waals surface area contributed by atoms with Gasteiger partial charge in [0.2, 0.25) is 0 Å². The minimum Gasteiger partial charge on any atom is -0.462 e. The predicted octanol–water partition coefficient (Wildman–Crippen LogP) is 5.94. The SMILES string of the molecule is CC1CC2CCCC(C(=O)OCC3OC(C4CC5CCCC(OC(=O)C(F)(F)S(=O)(=O)O)(C5)C4)OC3COC(=O)C3(C)CC4CCC(=O)C(C4)C3)(C1)C2. The lowest BCUT2D eigenvalue weighted by atomic mass is 9.59. The lowest BCUT2D eigenvalue weighted by Gasteiger charge is -2.48. The van der Waals surface area contributed by atoms with Crippen LogP contribution in [-0.4, -0.2) is 79.2 Å². The fourth-order valence-corrected chi connectivity index (χ4v) is 12.0. The molecule has 7 aliphatic rings. The molecule has 12 atom stereocenters. The first-order valence-corrected chi connectivity index (χ1v) is 21.1. The second kappa shape index (κ2) is 14.4. The molecule has 0 aromatic heterocycles. The average Bonchev–Trinajstić information content (AvgIpc) is 3.49. The molecular weight excluding hydrogens is 718 g/mol. The number of carbonyl (C=O) groups is 4. The quantitative estimate of drug-likeness (QED) is 0.158. The van der Waals surface area contributed by atoms with Crippen molar-refractivity contribution in [2.75, 3.05) is 13.2 Å². The number of hydrogen-bond acceptors (Lipinski definition) is 11. The van der Waals surface area contributed by atoms with E-state index in [1.54, 1.807) is 0 Å². The molecule has 1 heterocycles. The second-order valence-corrected chi connectivity index (χ2v) is 19.7. The maximum atomic E-state index is 14.3. The molecule has 12 unspecified atom stereocenters. The van der Waals surface area contributed by atoms with E-state index in [9.17, 15) is 36.4 Å². The summed E-state index contributed by atoms with van der Waals surface area (Å²) in [6, 6.07) is 0. The standard InChI is InChI=1S/C38H54F2O12S/c1-22-11-23-5-3-9-36(14-22,16-23)33(43)49-21-30-29(20-48-32(42)35(2)15-25-7-8-28(41)26(12-25)18-35)50-31(51-30)27-13-24-6-4-10-37(17-24,19-27)52-34(44)38(39,40)53(45,46)47/h22-27,29-31H,3-21H2,1-2H3,(H,45,46,47). The molecule has 0 amide bonds. The number of alkyl halides is 2. The Balaban J connectivity index is 1.06. The molecule has 0 aromatic rings. The molecule has 7 fully saturated rings. The number of carbonyl (C=O) groups excluding carboxylic acids is 4. The van der Waals surface area contributed by atoms with Gasteiger partial charge in [-0.3, -0.25) is 18.9 Å². The van der Waals surface area contributed by atoms with Gasteiger partial charge in [-0.15, -0.1) is 0 Å². The van der Waals surface area contributed by atoms with Crippen molar-refractivity contribution >= 4 is 33.8 Å². The van der Waals surface area contributed by atoms with Gasteiger partial charge in [-0.1, -0.05) is 26.2 Å². The number of Topliss-reactive ketones (excluding diaryl/α,β-unsaturated/α-hetero) is 1. The van der Waals surface area contributed by atoms with E-state index >= 15 is 0 Å². The van der Waals surface area contributed by atoms with E-state index in [2.05, 4.69) is 6.92 Å². The summed E-state index contributed by atoms with van der Waals surface area (Å²) in [4.78, 5) is 52.5. The molecule has 6 aliphatic carbocycles. The van der Waals surface area contributed by atoms with E-state index < -0.39 is 68.2 Å². The Kier molecular flexibility index (Phi) is 10.6. The Morgan fingerprint density at radius 2 is 1.49 bits per heavy atom. The van der Waals surface area contributed by atoms with Crippen molar-refractivity contribution in [3.05, 3.63) is 0 Å². The summed E-state index contributed by atoms with van der Waals surface area (Å²) in [5.74, 6) is -2.35. The highest BCUT2D eigenvalue weighted by molar-refractivity contribution is 7.87. The van der Waals surface area contributed by atoms with Gasteiger partial charge in [-0.2, -0.15) is 17.2 Å². The Morgan fingerprint density at radius 1 is 0.849 bits per heavy atom. The number of esters is 3. The molecule has 1 saturated heterocycles. The fourth-order valence-electron chi connectivity index (χ4n) is 11.7. The number of hydrogen-bond donors (Lipinski definition) is 1. The maximum Gasteiger partial charge on any atom is 0.465 e. The molecule has 53 heavy (non-hydrogen) atoms. The first kappa shape index (κ1) is 39.0. The van der Waals surface area contributed by atoms with Crippen LogP contribution in [0.2, 0.25) is 0 Å². The molecule has 6 bridgehead atoms. The van der Waals surface area contributed by atoms with Crippen LogP contribution in [0, 0.1) is 46.3 Å². The maximum absolute atomic E-state index is 14.3. The van der Waals surface area contributed by atoms with Crippen molar-refractivity contribution < 1.29 is 64.6 Å². The minimum atomic E-state index is -6.05. The molecule has 15 heteroatoms. The van der Waals surface area contributed by atoms with E-state index in [0.29, 0.717) is 43.9 Å². The van der Waals surface area contributed by atoms with Crippen LogP contribution in [0.25, 0.3) is 0 Å². The zero-order valence-electron chi connectivity index (χ0n) is 30.7. The van der Waals surface area contributed by atoms with Gasteiger partial charge >= 0.3 is 33.3 Å². The van der Waals surface area contributed by atoms with Crippen molar-refractivity contribution in [1.29, 1.82) is 0 Å². The van der Waals surface area contributed by atoms with Crippen molar-refractivity contribution in [2.45, 2.75) is 152 Å². The van der Waals surface area contributed by atoms with E-state index in [1.807, 2.05) is 6.92 Å². The number of rotatable bonds is 10. The summed E-state index contributed by atoms with van der Waals surface area (Å²) in [5.41, 5.74) is -2.80. The highest BCUT2D eigenvalue weighted by Gasteiger charge is 2.59. The van der Waals surface area contributed by atoms with Gasteiger partial charge in [-0.25, -0.2) is 4.79 Å². The lowest BCUT2D eigenvalue weighted by Crippen LogP contribution is -2.51. The van der Waals surface area contributed by atoms with Crippen molar-refractivity contribution in [3.63, 3.8) is 0 Å². The first-order valence-electron chi connectivity index (χ1n) is 19.7. The summed E-state index contributed by atoms with van der Waals surface area (Å²) in [5, 5.41) is -5.12. The smallest absolute Gasteiger partial charge is 0.462 e. The normalized spacial score (nSPS) is 42.7. The van der Waals surface area contributed by atoms with Gasteiger partial charge in [-0.05, 0) is 114 Å². The van der Waals surface area contributed by atoms with Gasteiger partial charge < -0.3 is 23.7 Å². The molecule has 0 aromatic carbocycles.